The Morgan fingerprint density at radius 1 is 1.20 bits per heavy atom. The molecule has 0 bridgehead atoms. The molecular formula is C20H24N6O4. The van der Waals surface area contributed by atoms with E-state index >= 15 is 0 Å². The molecule has 158 valence electrons. The molecule has 0 radical (unpaired) electrons. The molecule has 1 fully saturated rings. The SMILES string of the molecule is COc1ccc(-c2noc(CNc3nccc(N4CCCC(O)C4)n3)n2)cc1OC. The van der Waals surface area contributed by atoms with E-state index in [4.69, 9.17) is 14.0 Å². The van der Waals surface area contributed by atoms with Gasteiger partial charge in [-0.25, -0.2) is 4.98 Å². The van der Waals surface area contributed by atoms with Crippen LogP contribution in [0.5, 0.6) is 11.5 Å². The number of piperidine rings is 1. The molecule has 0 spiro atoms. The number of hydrogen-bond acceptors (Lipinski definition) is 10. The molecule has 3 heterocycles. The summed E-state index contributed by atoms with van der Waals surface area (Å²) >= 11 is 0. The van der Waals surface area contributed by atoms with Crippen molar-refractivity contribution in [2.45, 2.75) is 25.5 Å². The van der Waals surface area contributed by atoms with E-state index < -0.39 is 0 Å². The molecule has 1 unspecified atom stereocenters. The number of nitrogens with zero attached hydrogens (tertiary/aromatic N) is 5. The molecule has 2 N–H and O–H groups in total. The van der Waals surface area contributed by atoms with Crippen LogP contribution in [0.1, 0.15) is 18.7 Å². The molecule has 4 rings (SSSR count). The number of aromatic nitrogens is 4. The van der Waals surface area contributed by atoms with Crippen LogP contribution in [0.2, 0.25) is 0 Å². The fourth-order valence-electron chi connectivity index (χ4n) is 3.35. The van der Waals surface area contributed by atoms with Gasteiger partial charge in [0.15, 0.2) is 11.5 Å². The van der Waals surface area contributed by atoms with Gasteiger partial charge >= 0.3 is 0 Å². The van der Waals surface area contributed by atoms with E-state index in [2.05, 4.69) is 30.3 Å². The van der Waals surface area contributed by atoms with Crippen molar-refractivity contribution in [3.05, 3.63) is 36.4 Å². The van der Waals surface area contributed by atoms with E-state index in [0.29, 0.717) is 35.7 Å². The maximum atomic E-state index is 9.88. The van der Waals surface area contributed by atoms with Crippen LogP contribution in [0.3, 0.4) is 0 Å². The summed E-state index contributed by atoms with van der Waals surface area (Å²) in [5, 5.41) is 17.0. The minimum absolute atomic E-state index is 0.284. The number of aliphatic hydroxyl groups is 1. The Balaban J connectivity index is 1.42. The fraction of sp³-hybridized carbons (Fsp3) is 0.400. The first kappa shape index (κ1) is 19.9. The zero-order valence-electron chi connectivity index (χ0n) is 16.9. The molecule has 1 saturated heterocycles. The van der Waals surface area contributed by atoms with E-state index in [1.54, 1.807) is 32.5 Å². The second-order valence-electron chi connectivity index (χ2n) is 6.92. The van der Waals surface area contributed by atoms with Crippen molar-refractivity contribution in [3.8, 4) is 22.9 Å². The van der Waals surface area contributed by atoms with Crippen molar-refractivity contribution in [1.29, 1.82) is 0 Å². The highest BCUT2D eigenvalue weighted by Gasteiger charge is 2.19. The summed E-state index contributed by atoms with van der Waals surface area (Å²) in [4.78, 5) is 15.2. The first-order chi connectivity index (χ1) is 14.7. The minimum Gasteiger partial charge on any atom is -0.493 e. The molecule has 10 heteroatoms. The largest absolute Gasteiger partial charge is 0.493 e. The Morgan fingerprint density at radius 2 is 2.07 bits per heavy atom. The molecule has 1 atom stereocenters. The fourth-order valence-corrected chi connectivity index (χ4v) is 3.35. The molecule has 1 aliphatic heterocycles. The summed E-state index contributed by atoms with van der Waals surface area (Å²) in [6.07, 6.45) is 3.13. The van der Waals surface area contributed by atoms with Crippen LogP contribution >= 0.6 is 0 Å². The summed E-state index contributed by atoms with van der Waals surface area (Å²) in [5.74, 6) is 3.31. The predicted molar refractivity (Wildman–Crippen MR) is 110 cm³/mol. The van der Waals surface area contributed by atoms with Gasteiger partial charge < -0.3 is 29.3 Å². The van der Waals surface area contributed by atoms with E-state index in [1.165, 1.54) is 0 Å². The van der Waals surface area contributed by atoms with Crippen LogP contribution in [0.15, 0.2) is 35.0 Å². The Morgan fingerprint density at radius 3 is 2.87 bits per heavy atom. The lowest BCUT2D eigenvalue weighted by Gasteiger charge is -2.31. The van der Waals surface area contributed by atoms with Crippen molar-refractivity contribution in [3.63, 3.8) is 0 Å². The molecule has 30 heavy (non-hydrogen) atoms. The van der Waals surface area contributed by atoms with E-state index in [-0.39, 0.29) is 12.6 Å². The van der Waals surface area contributed by atoms with Gasteiger partial charge in [-0.1, -0.05) is 5.16 Å². The minimum atomic E-state index is -0.321. The smallest absolute Gasteiger partial charge is 0.246 e. The van der Waals surface area contributed by atoms with Crippen LogP contribution in [0.4, 0.5) is 11.8 Å². The number of methoxy groups -OCH3 is 2. The average Bonchev–Trinajstić information content (AvgIpc) is 3.26. The monoisotopic (exact) mass is 412 g/mol. The number of anilines is 2. The average molecular weight is 412 g/mol. The van der Waals surface area contributed by atoms with Gasteiger partial charge in [0.25, 0.3) is 0 Å². The Labute approximate surface area is 173 Å². The van der Waals surface area contributed by atoms with Crippen molar-refractivity contribution in [1.82, 2.24) is 20.1 Å². The van der Waals surface area contributed by atoms with Crippen molar-refractivity contribution in [2.24, 2.45) is 0 Å². The maximum absolute atomic E-state index is 9.88. The van der Waals surface area contributed by atoms with Crippen LogP contribution < -0.4 is 19.7 Å². The molecule has 2 aromatic heterocycles. The third kappa shape index (κ3) is 4.43. The molecule has 3 aromatic rings. The molecule has 0 aliphatic carbocycles. The van der Waals surface area contributed by atoms with Gasteiger partial charge in [-0.2, -0.15) is 9.97 Å². The zero-order valence-corrected chi connectivity index (χ0v) is 16.9. The lowest BCUT2D eigenvalue weighted by Crippen LogP contribution is -2.38. The summed E-state index contributed by atoms with van der Waals surface area (Å²) in [6, 6.07) is 7.26. The van der Waals surface area contributed by atoms with Crippen LogP contribution in [0, 0.1) is 0 Å². The number of benzene rings is 1. The third-order valence-corrected chi connectivity index (χ3v) is 4.87. The van der Waals surface area contributed by atoms with Crippen LogP contribution in [-0.4, -0.2) is 58.6 Å². The van der Waals surface area contributed by atoms with Gasteiger partial charge in [0.05, 0.1) is 26.9 Å². The number of β-amino-alcohol motifs (C(OH)–C–C–N with tert-alkyl or cyclic N) is 1. The van der Waals surface area contributed by atoms with Crippen molar-refractivity contribution < 1.29 is 19.1 Å². The quantitative estimate of drug-likeness (QED) is 0.597. The summed E-state index contributed by atoms with van der Waals surface area (Å²) in [7, 11) is 3.16. The van der Waals surface area contributed by atoms with E-state index in [9.17, 15) is 5.11 Å². The highest BCUT2D eigenvalue weighted by Crippen LogP contribution is 2.31. The predicted octanol–water partition coefficient (Wildman–Crippen LogP) is 2.12. The normalized spacial score (nSPS) is 16.4. The van der Waals surface area contributed by atoms with E-state index in [1.807, 2.05) is 12.1 Å². The van der Waals surface area contributed by atoms with Gasteiger partial charge in [0, 0.05) is 24.8 Å². The van der Waals surface area contributed by atoms with Crippen LogP contribution in [0.25, 0.3) is 11.4 Å². The standard InChI is InChI=1S/C20H24N6O4/c1-28-15-6-5-13(10-16(15)29-2)19-24-18(30-25-19)11-22-20-21-8-7-17(23-20)26-9-3-4-14(27)12-26/h5-8,10,14,27H,3-4,9,11-12H2,1-2H3,(H,21,22,23). The summed E-state index contributed by atoms with van der Waals surface area (Å²) in [6.45, 7) is 1.73. The highest BCUT2D eigenvalue weighted by molar-refractivity contribution is 5.60. The molecule has 0 amide bonds. The molecule has 10 nitrogen and oxygen atoms in total. The summed E-state index contributed by atoms with van der Waals surface area (Å²) < 4.78 is 15.9. The number of hydrogen-bond donors (Lipinski definition) is 2. The Kier molecular flexibility index (Phi) is 5.94. The lowest BCUT2D eigenvalue weighted by molar-refractivity contribution is 0.154. The zero-order chi connectivity index (χ0) is 20.9. The molecule has 1 aromatic carbocycles. The van der Waals surface area contributed by atoms with Crippen molar-refractivity contribution >= 4 is 11.8 Å². The first-order valence-corrected chi connectivity index (χ1v) is 9.71. The van der Waals surface area contributed by atoms with Crippen LogP contribution in [-0.2, 0) is 6.54 Å². The summed E-state index contributed by atoms with van der Waals surface area (Å²) in [5.41, 5.74) is 0.754. The number of rotatable bonds is 7. The maximum Gasteiger partial charge on any atom is 0.246 e. The lowest BCUT2D eigenvalue weighted by atomic mass is 10.1. The van der Waals surface area contributed by atoms with Gasteiger partial charge in [0.1, 0.15) is 5.82 Å². The van der Waals surface area contributed by atoms with Gasteiger partial charge in [-0.05, 0) is 37.1 Å². The molecule has 1 aliphatic rings. The second kappa shape index (κ2) is 8.95. The molecule has 0 saturated carbocycles. The number of ether oxygens (including phenoxy) is 2. The Bertz CT molecular complexity index is 995. The third-order valence-electron chi connectivity index (χ3n) is 4.87. The van der Waals surface area contributed by atoms with Crippen molar-refractivity contribution in [2.75, 3.05) is 37.5 Å². The topological polar surface area (TPSA) is 119 Å². The number of aliphatic hydroxyl groups excluding tert-OH is 1. The second-order valence-corrected chi connectivity index (χ2v) is 6.92. The van der Waals surface area contributed by atoms with E-state index in [0.717, 1.165) is 30.8 Å². The van der Waals surface area contributed by atoms with Gasteiger partial charge in [0.2, 0.25) is 17.7 Å². The number of nitrogens with one attached hydrogen (secondary N) is 1. The Hall–Kier alpha value is -3.40. The van der Waals surface area contributed by atoms with Gasteiger partial charge in [-0.15, -0.1) is 0 Å². The highest BCUT2D eigenvalue weighted by atomic mass is 16.5. The molecular weight excluding hydrogens is 388 g/mol. The van der Waals surface area contributed by atoms with Gasteiger partial charge in [-0.3, -0.25) is 0 Å². The first-order valence-electron chi connectivity index (χ1n) is 9.71.